The summed E-state index contributed by atoms with van der Waals surface area (Å²) in [6, 6.07) is 20.6. The molecule has 0 saturated carbocycles. The highest BCUT2D eigenvalue weighted by Gasteiger charge is 2.27. The first kappa shape index (κ1) is 25.9. The number of para-hydroxylation sites is 2. The second kappa shape index (κ2) is 12.2. The number of Topliss-reactive ketones (excluding diaryl/α,β-unsaturated/α-hetero) is 1. The van der Waals surface area contributed by atoms with Crippen molar-refractivity contribution in [3.05, 3.63) is 95.3 Å². The van der Waals surface area contributed by atoms with Crippen LogP contribution in [0.25, 0.3) is 0 Å². The second-order valence-corrected chi connectivity index (χ2v) is 9.21. The minimum Gasteiger partial charge on any atom is -0.495 e. The molecule has 1 aliphatic rings. The molecule has 0 bridgehead atoms. The van der Waals surface area contributed by atoms with Crippen LogP contribution in [0, 0.1) is 11.7 Å². The summed E-state index contributed by atoms with van der Waals surface area (Å²) >= 11 is 5.91. The van der Waals surface area contributed by atoms with Crippen LogP contribution in [0.5, 0.6) is 5.75 Å². The number of hydrogen-bond acceptors (Lipinski definition) is 4. The fourth-order valence-electron chi connectivity index (χ4n) is 4.59. The third-order valence-electron chi connectivity index (χ3n) is 6.70. The normalized spacial score (nSPS) is 14.4. The van der Waals surface area contributed by atoms with Gasteiger partial charge in [0.2, 0.25) is 0 Å². The van der Waals surface area contributed by atoms with E-state index >= 15 is 0 Å². The lowest BCUT2D eigenvalue weighted by Gasteiger charge is -2.33. The number of methoxy groups -OCH3 is 1. The van der Waals surface area contributed by atoms with Gasteiger partial charge < -0.3 is 14.5 Å². The number of ether oxygens (including phenoxy) is 1. The Hall–Kier alpha value is -3.22. The minimum absolute atomic E-state index is 0.0702. The average Bonchev–Trinajstić information content (AvgIpc) is 2.93. The van der Waals surface area contributed by atoms with Gasteiger partial charge in [-0.15, -0.1) is 11.6 Å². The molecule has 0 aliphatic carbocycles. The number of carbonyl (C=O) groups is 2. The summed E-state index contributed by atoms with van der Waals surface area (Å²) in [5.74, 6) is 0.573. The van der Waals surface area contributed by atoms with Gasteiger partial charge in [-0.05, 0) is 80.0 Å². The van der Waals surface area contributed by atoms with Gasteiger partial charge in [0, 0.05) is 36.0 Å². The number of alkyl halides is 1. The molecule has 7 heteroatoms. The Kier molecular flexibility index (Phi) is 8.73. The molecule has 0 N–H and O–H groups in total. The van der Waals surface area contributed by atoms with Crippen LogP contribution in [0.2, 0.25) is 0 Å². The highest BCUT2D eigenvalue weighted by Crippen LogP contribution is 2.29. The summed E-state index contributed by atoms with van der Waals surface area (Å²) < 4.78 is 18.7. The zero-order valence-corrected chi connectivity index (χ0v) is 21.1. The van der Waals surface area contributed by atoms with Crippen molar-refractivity contribution in [1.29, 1.82) is 0 Å². The van der Waals surface area contributed by atoms with E-state index in [4.69, 9.17) is 16.3 Å². The monoisotopic (exact) mass is 508 g/mol. The van der Waals surface area contributed by atoms with Crippen molar-refractivity contribution in [2.75, 3.05) is 38.2 Å². The van der Waals surface area contributed by atoms with Gasteiger partial charge in [-0.1, -0.05) is 24.3 Å². The molecule has 3 aromatic carbocycles. The maximum absolute atomic E-state index is 13.6. The highest BCUT2D eigenvalue weighted by molar-refractivity contribution is 6.17. The number of likely N-dealkylation sites (tertiary alicyclic amines) is 1. The fraction of sp³-hybridized carbons (Fsp3) is 0.310. The van der Waals surface area contributed by atoms with Crippen molar-refractivity contribution in [3.8, 4) is 5.75 Å². The fourth-order valence-corrected chi connectivity index (χ4v) is 4.76. The lowest BCUT2D eigenvalue weighted by molar-refractivity contribution is 0.0841. The number of benzene rings is 3. The number of rotatable bonds is 9. The van der Waals surface area contributed by atoms with E-state index < -0.39 is 0 Å². The summed E-state index contributed by atoms with van der Waals surface area (Å²) in [5, 5.41) is 0. The molecular formula is C29H30ClFN2O3. The van der Waals surface area contributed by atoms with E-state index in [0.717, 1.165) is 31.5 Å². The third kappa shape index (κ3) is 6.12. The molecular weight excluding hydrogens is 479 g/mol. The molecule has 0 aromatic heterocycles. The Balaban J connectivity index is 1.43. The molecule has 36 heavy (non-hydrogen) atoms. The van der Waals surface area contributed by atoms with E-state index in [0.29, 0.717) is 41.5 Å². The maximum atomic E-state index is 13.6. The van der Waals surface area contributed by atoms with Gasteiger partial charge in [-0.25, -0.2) is 4.39 Å². The SMILES string of the molecule is COc1ccccc1N(CCN1CCC(C(=O)c2ccc(F)cc2)CC1)C(=O)c1ccc(CCl)cc1. The molecule has 4 rings (SSSR count). The van der Waals surface area contributed by atoms with E-state index in [1.165, 1.54) is 12.1 Å². The number of ketones is 1. The van der Waals surface area contributed by atoms with Crippen molar-refractivity contribution in [1.82, 2.24) is 4.90 Å². The van der Waals surface area contributed by atoms with E-state index in [1.54, 1.807) is 36.3 Å². The quantitative estimate of drug-likeness (QED) is 0.270. The molecule has 1 aliphatic heterocycles. The summed E-state index contributed by atoms with van der Waals surface area (Å²) in [5.41, 5.74) is 2.81. The highest BCUT2D eigenvalue weighted by atomic mass is 35.5. The molecule has 0 spiro atoms. The Morgan fingerprint density at radius 2 is 1.61 bits per heavy atom. The Labute approximate surface area is 216 Å². The van der Waals surface area contributed by atoms with Crippen molar-refractivity contribution < 1.29 is 18.7 Å². The van der Waals surface area contributed by atoms with Gasteiger partial charge in [0.05, 0.1) is 12.8 Å². The number of anilines is 1. The van der Waals surface area contributed by atoms with Gasteiger partial charge >= 0.3 is 0 Å². The Morgan fingerprint density at radius 3 is 2.25 bits per heavy atom. The molecule has 188 valence electrons. The van der Waals surface area contributed by atoms with Crippen LogP contribution in [0.4, 0.5) is 10.1 Å². The van der Waals surface area contributed by atoms with E-state index in [-0.39, 0.29) is 23.4 Å². The van der Waals surface area contributed by atoms with Gasteiger partial charge in [0.25, 0.3) is 5.91 Å². The smallest absolute Gasteiger partial charge is 0.258 e. The number of piperidine rings is 1. The van der Waals surface area contributed by atoms with E-state index in [2.05, 4.69) is 4.90 Å². The molecule has 0 unspecified atom stereocenters. The van der Waals surface area contributed by atoms with Crippen LogP contribution in [0.3, 0.4) is 0 Å². The van der Waals surface area contributed by atoms with Gasteiger partial charge in [0.15, 0.2) is 5.78 Å². The van der Waals surface area contributed by atoms with Crippen LogP contribution >= 0.6 is 11.6 Å². The molecule has 1 saturated heterocycles. The zero-order valence-electron chi connectivity index (χ0n) is 20.3. The summed E-state index contributed by atoms with van der Waals surface area (Å²) in [6.07, 6.45) is 1.47. The van der Waals surface area contributed by atoms with Crippen molar-refractivity contribution in [3.63, 3.8) is 0 Å². The largest absolute Gasteiger partial charge is 0.495 e. The van der Waals surface area contributed by atoms with Crippen LogP contribution in [0.1, 0.15) is 39.1 Å². The Bertz CT molecular complexity index is 1180. The first-order chi connectivity index (χ1) is 17.5. The van der Waals surface area contributed by atoms with Crippen molar-refractivity contribution in [2.24, 2.45) is 5.92 Å². The van der Waals surface area contributed by atoms with Gasteiger partial charge in [0.1, 0.15) is 11.6 Å². The van der Waals surface area contributed by atoms with Crippen LogP contribution in [0.15, 0.2) is 72.8 Å². The Morgan fingerprint density at radius 1 is 0.972 bits per heavy atom. The third-order valence-corrected chi connectivity index (χ3v) is 7.01. The number of carbonyl (C=O) groups excluding carboxylic acids is 2. The van der Waals surface area contributed by atoms with Gasteiger partial charge in [-0.2, -0.15) is 0 Å². The molecule has 1 amide bonds. The second-order valence-electron chi connectivity index (χ2n) is 8.95. The maximum Gasteiger partial charge on any atom is 0.258 e. The predicted molar refractivity (Wildman–Crippen MR) is 141 cm³/mol. The summed E-state index contributed by atoms with van der Waals surface area (Å²) in [4.78, 5) is 30.4. The topological polar surface area (TPSA) is 49.9 Å². The van der Waals surface area contributed by atoms with E-state index in [1.807, 2.05) is 36.4 Å². The summed E-state index contributed by atoms with van der Waals surface area (Å²) in [6.45, 7) is 2.67. The molecule has 0 atom stereocenters. The van der Waals surface area contributed by atoms with Crippen molar-refractivity contribution in [2.45, 2.75) is 18.7 Å². The number of halogens is 2. The molecule has 1 fully saturated rings. The van der Waals surface area contributed by atoms with Crippen LogP contribution in [-0.2, 0) is 5.88 Å². The lowest BCUT2D eigenvalue weighted by atomic mass is 9.89. The number of nitrogens with zero attached hydrogens (tertiary/aromatic N) is 2. The van der Waals surface area contributed by atoms with Crippen LogP contribution < -0.4 is 9.64 Å². The first-order valence-corrected chi connectivity index (χ1v) is 12.7. The van der Waals surface area contributed by atoms with Crippen LogP contribution in [-0.4, -0.2) is 49.9 Å². The number of hydrogen-bond donors (Lipinski definition) is 0. The van der Waals surface area contributed by atoms with E-state index in [9.17, 15) is 14.0 Å². The molecule has 3 aromatic rings. The minimum atomic E-state index is -0.342. The molecule has 0 radical (unpaired) electrons. The average molecular weight is 509 g/mol. The van der Waals surface area contributed by atoms with Gasteiger partial charge in [-0.3, -0.25) is 9.59 Å². The summed E-state index contributed by atoms with van der Waals surface area (Å²) in [7, 11) is 1.60. The first-order valence-electron chi connectivity index (χ1n) is 12.1. The molecule has 1 heterocycles. The molecule has 5 nitrogen and oxygen atoms in total. The van der Waals surface area contributed by atoms with Crippen molar-refractivity contribution >= 4 is 29.0 Å². The zero-order chi connectivity index (χ0) is 25.5. The standard InChI is InChI=1S/C29H30ClFN2O3/c1-36-27-5-3-2-4-26(27)33(29(35)24-8-6-21(20-30)7-9-24)19-18-32-16-14-23(15-17-32)28(34)22-10-12-25(31)13-11-22/h2-13,23H,14-20H2,1H3. The predicted octanol–water partition coefficient (Wildman–Crippen LogP) is 5.81. The lowest BCUT2D eigenvalue weighted by Crippen LogP contribution is -2.43. The number of amides is 1.